The molecule has 0 saturated heterocycles. The Morgan fingerprint density at radius 2 is 1.15 bits per heavy atom. The topological polar surface area (TPSA) is 25.2 Å². The average Bonchev–Trinajstić information content (AvgIpc) is 3.30. The molecular weight excluding hydrogens is 414 g/mol. The molecule has 0 aliphatic heterocycles. The summed E-state index contributed by atoms with van der Waals surface area (Å²) in [6.07, 6.45) is 0. The van der Waals surface area contributed by atoms with E-state index >= 15 is 0 Å². The molecule has 0 spiro atoms. The van der Waals surface area contributed by atoms with Crippen molar-refractivity contribution in [1.82, 2.24) is 0 Å². The van der Waals surface area contributed by atoms with E-state index in [-0.39, 0.29) is 0 Å². The molecule has 0 radical (unpaired) electrons. The molecule has 0 fully saturated rings. The first-order valence-corrected chi connectivity index (χ1v) is 11.5. The maximum atomic E-state index is 6.74. The van der Waals surface area contributed by atoms with Crippen LogP contribution in [0.25, 0.3) is 54.6 Å². The maximum absolute atomic E-state index is 6.74. The first-order chi connectivity index (χ1) is 16.9. The highest BCUT2D eigenvalue weighted by Gasteiger charge is 2.19. The van der Waals surface area contributed by atoms with Crippen molar-refractivity contribution in [1.29, 1.82) is 0 Å². The zero-order valence-corrected chi connectivity index (χ0v) is 18.5. The van der Waals surface area contributed by atoms with Gasteiger partial charge >= 0.3 is 0 Å². The Bertz CT molecular complexity index is 1820. The fourth-order valence-electron chi connectivity index (χ4n) is 5.08. The second kappa shape index (κ2) is 7.50. The van der Waals surface area contributed by atoms with Gasteiger partial charge in [-0.05, 0) is 51.4 Å². The molecule has 1 heterocycles. The average molecular weight is 436 g/mol. The van der Waals surface area contributed by atoms with E-state index < -0.39 is 0 Å². The zero-order valence-electron chi connectivity index (χ0n) is 18.5. The lowest BCUT2D eigenvalue weighted by Gasteiger charge is -2.10. The van der Waals surface area contributed by atoms with Gasteiger partial charge < -0.3 is 9.73 Å². The molecule has 0 aliphatic carbocycles. The standard InChI is InChI=1S/C32H21NO/c1-2-13-23(14-3-1)33-29-19-9-18-27-30-25-16-7-5-11-22(25)20-28(32(30)34-31(27)29)26-17-8-12-21-10-4-6-15-24(21)26/h1-20,33H. The van der Waals surface area contributed by atoms with Crippen LogP contribution in [0.5, 0.6) is 0 Å². The predicted octanol–water partition coefficient (Wildman–Crippen LogP) is 9.30. The quantitative estimate of drug-likeness (QED) is 0.299. The van der Waals surface area contributed by atoms with Crippen molar-refractivity contribution in [3.63, 3.8) is 0 Å². The predicted molar refractivity (Wildman–Crippen MR) is 144 cm³/mol. The molecule has 7 rings (SSSR count). The van der Waals surface area contributed by atoms with Crippen LogP contribution in [0, 0.1) is 0 Å². The molecule has 0 bridgehead atoms. The molecule has 1 aromatic heterocycles. The van der Waals surface area contributed by atoms with Gasteiger partial charge in [0.1, 0.15) is 5.58 Å². The van der Waals surface area contributed by atoms with E-state index in [0.29, 0.717) is 0 Å². The minimum atomic E-state index is 0.874. The minimum absolute atomic E-state index is 0.874. The van der Waals surface area contributed by atoms with Crippen molar-refractivity contribution in [2.75, 3.05) is 5.32 Å². The van der Waals surface area contributed by atoms with Gasteiger partial charge in [0.05, 0.1) is 5.69 Å². The Hall–Kier alpha value is -4.56. The first-order valence-electron chi connectivity index (χ1n) is 11.5. The van der Waals surface area contributed by atoms with Crippen LogP contribution in [0.2, 0.25) is 0 Å². The third kappa shape index (κ3) is 2.89. The van der Waals surface area contributed by atoms with Gasteiger partial charge in [-0.25, -0.2) is 0 Å². The van der Waals surface area contributed by atoms with Gasteiger partial charge in [0, 0.05) is 22.0 Å². The van der Waals surface area contributed by atoms with Crippen LogP contribution in [0.3, 0.4) is 0 Å². The highest BCUT2D eigenvalue weighted by Crippen LogP contribution is 2.44. The third-order valence-electron chi connectivity index (χ3n) is 6.62. The summed E-state index contributed by atoms with van der Waals surface area (Å²) < 4.78 is 6.74. The summed E-state index contributed by atoms with van der Waals surface area (Å²) in [7, 11) is 0. The van der Waals surface area contributed by atoms with E-state index in [2.05, 4.69) is 108 Å². The summed E-state index contributed by atoms with van der Waals surface area (Å²) in [6, 6.07) is 42.5. The van der Waals surface area contributed by atoms with Crippen molar-refractivity contribution in [3.8, 4) is 11.1 Å². The number of fused-ring (bicyclic) bond motifs is 6. The fourth-order valence-corrected chi connectivity index (χ4v) is 5.08. The summed E-state index contributed by atoms with van der Waals surface area (Å²) in [6.45, 7) is 0. The Kier molecular flexibility index (Phi) is 4.18. The van der Waals surface area contributed by atoms with Gasteiger partial charge in [-0.15, -0.1) is 0 Å². The number of anilines is 2. The van der Waals surface area contributed by atoms with Crippen LogP contribution in [-0.2, 0) is 0 Å². The molecule has 0 unspecified atom stereocenters. The summed E-state index contributed by atoms with van der Waals surface area (Å²) in [4.78, 5) is 0. The number of benzene rings is 6. The third-order valence-corrected chi connectivity index (χ3v) is 6.62. The lowest BCUT2D eigenvalue weighted by molar-refractivity contribution is 0.671. The molecule has 7 aromatic rings. The molecule has 160 valence electrons. The number of rotatable bonds is 3. The fraction of sp³-hybridized carbons (Fsp3) is 0. The van der Waals surface area contributed by atoms with E-state index in [1.165, 1.54) is 27.1 Å². The first kappa shape index (κ1) is 19.0. The highest BCUT2D eigenvalue weighted by atomic mass is 16.3. The number of nitrogens with one attached hydrogen (secondary N) is 1. The largest absolute Gasteiger partial charge is 0.453 e. The van der Waals surface area contributed by atoms with Crippen molar-refractivity contribution in [3.05, 3.63) is 121 Å². The van der Waals surface area contributed by atoms with Crippen LogP contribution >= 0.6 is 0 Å². The van der Waals surface area contributed by atoms with Crippen LogP contribution in [0.15, 0.2) is 126 Å². The van der Waals surface area contributed by atoms with Gasteiger partial charge in [0.25, 0.3) is 0 Å². The van der Waals surface area contributed by atoms with Crippen molar-refractivity contribution < 1.29 is 4.42 Å². The highest BCUT2D eigenvalue weighted by molar-refractivity contribution is 6.24. The van der Waals surface area contributed by atoms with E-state index in [4.69, 9.17) is 4.42 Å². The Balaban J connectivity index is 1.59. The van der Waals surface area contributed by atoms with Crippen LogP contribution < -0.4 is 5.32 Å². The summed E-state index contributed by atoms with van der Waals surface area (Å²) >= 11 is 0. The number of furan rings is 1. The molecular formula is C32H21NO. The summed E-state index contributed by atoms with van der Waals surface area (Å²) in [5, 5.41) is 10.7. The SMILES string of the molecule is c1ccc(Nc2cccc3c2oc2c(-c4cccc5ccccc45)cc4ccccc4c23)cc1. The van der Waals surface area contributed by atoms with Gasteiger partial charge in [-0.1, -0.05) is 97.1 Å². The van der Waals surface area contributed by atoms with E-state index in [1.807, 2.05) is 18.2 Å². The summed E-state index contributed by atoms with van der Waals surface area (Å²) in [5.74, 6) is 0. The molecule has 0 aliphatic rings. The Morgan fingerprint density at radius 3 is 2.03 bits per heavy atom. The lowest BCUT2D eigenvalue weighted by Crippen LogP contribution is -1.89. The second-order valence-corrected chi connectivity index (χ2v) is 8.65. The maximum Gasteiger partial charge on any atom is 0.158 e. The van der Waals surface area contributed by atoms with Crippen molar-refractivity contribution in [2.45, 2.75) is 0 Å². The number of hydrogen-bond donors (Lipinski definition) is 1. The van der Waals surface area contributed by atoms with Gasteiger partial charge in [-0.2, -0.15) is 0 Å². The lowest BCUT2D eigenvalue weighted by atomic mass is 9.93. The Morgan fingerprint density at radius 1 is 0.471 bits per heavy atom. The van der Waals surface area contributed by atoms with E-state index in [9.17, 15) is 0 Å². The van der Waals surface area contributed by atoms with Crippen LogP contribution in [0.1, 0.15) is 0 Å². The molecule has 0 saturated carbocycles. The van der Waals surface area contributed by atoms with Gasteiger partial charge in [0.15, 0.2) is 5.58 Å². The van der Waals surface area contributed by atoms with Crippen LogP contribution in [0.4, 0.5) is 11.4 Å². The van der Waals surface area contributed by atoms with Crippen molar-refractivity contribution >= 4 is 54.9 Å². The zero-order chi connectivity index (χ0) is 22.5. The van der Waals surface area contributed by atoms with Crippen LogP contribution in [-0.4, -0.2) is 0 Å². The molecule has 6 aromatic carbocycles. The monoisotopic (exact) mass is 435 g/mol. The molecule has 0 amide bonds. The second-order valence-electron chi connectivity index (χ2n) is 8.65. The number of para-hydroxylation sites is 2. The normalized spacial score (nSPS) is 11.5. The molecule has 2 heteroatoms. The minimum Gasteiger partial charge on any atom is -0.453 e. The smallest absolute Gasteiger partial charge is 0.158 e. The van der Waals surface area contributed by atoms with E-state index in [0.717, 1.165) is 38.9 Å². The number of hydrogen-bond acceptors (Lipinski definition) is 2. The Labute approximate surface area is 197 Å². The van der Waals surface area contributed by atoms with Crippen molar-refractivity contribution in [2.24, 2.45) is 0 Å². The molecule has 34 heavy (non-hydrogen) atoms. The van der Waals surface area contributed by atoms with Gasteiger partial charge in [-0.3, -0.25) is 0 Å². The van der Waals surface area contributed by atoms with E-state index in [1.54, 1.807) is 0 Å². The van der Waals surface area contributed by atoms with Gasteiger partial charge in [0.2, 0.25) is 0 Å². The molecule has 2 nitrogen and oxygen atoms in total. The molecule has 0 atom stereocenters. The molecule has 1 N–H and O–H groups in total. The summed E-state index contributed by atoms with van der Waals surface area (Å²) in [5.41, 5.74) is 6.10.